The number of benzene rings is 2. The number of furan rings is 1. The summed E-state index contributed by atoms with van der Waals surface area (Å²) in [5.74, 6) is -0.500. The Morgan fingerprint density at radius 2 is 1.84 bits per heavy atom. The van der Waals surface area contributed by atoms with Crippen molar-refractivity contribution < 1.29 is 22.0 Å². The van der Waals surface area contributed by atoms with Crippen molar-refractivity contribution in [2.75, 3.05) is 29.8 Å². The van der Waals surface area contributed by atoms with Gasteiger partial charge in [-0.3, -0.25) is 4.72 Å². The van der Waals surface area contributed by atoms with Crippen LogP contribution in [0.15, 0.2) is 64.3 Å². The minimum absolute atomic E-state index is 0.252. The van der Waals surface area contributed by atoms with Gasteiger partial charge >= 0.3 is 0 Å². The largest absolute Gasteiger partial charge is 0.495 e. The minimum atomic E-state index is -4.19. The highest BCUT2D eigenvalue weighted by Crippen LogP contribution is 2.33. The number of rotatable bonds is 6. The van der Waals surface area contributed by atoms with Crippen LogP contribution in [0.2, 0.25) is 0 Å². The summed E-state index contributed by atoms with van der Waals surface area (Å²) < 4.78 is 53.7. The average molecular weight is 460 g/mol. The molecule has 4 rings (SSSR count). The third-order valence-corrected chi connectivity index (χ3v) is 6.82. The van der Waals surface area contributed by atoms with Crippen LogP contribution in [0.25, 0.3) is 11.1 Å². The quantitative estimate of drug-likeness (QED) is 0.578. The zero-order valence-electron chi connectivity index (χ0n) is 18.1. The molecule has 2 unspecified atom stereocenters. The van der Waals surface area contributed by atoms with E-state index in [1.807, 2.05) is 6.07 Å². The molecule has 32 heavy (non-hydrogen) atoms. The number of nitrogens with zero attached hydrogens (tertiary/aromatic N) is 1. The Labute approximate surface area is 187 Å². The minimum Gasteiger partial charge on any atom is -0.495 e. The summed E-state index contributed by atoms with van der Waals surface area (Å²) in [6.45, 7) is 5.78. The molecule has 0 aliphatic carbocycles. The molecular formula is C23H26FN3O4S. The smallest absolute Gasteiger partial charge is 0.264 e. The van der Waals surface area contributed by atoms with E-state index in [-0.39, 0.29) is 5.69 Å². The molecule has 3 aromatic rings. The van der Waals surface area contributed by atoms with Gasteiger partial charge in [-0.15, -0.1) is 0 Å². The lowest BCUT2D eigenvalue weighted by atomic mass is 10.1. The Balaban J connectivity index is 1.64. The van der Waals surface area contributed by atoms with E-state index in [1.165, 1.54) is 31.8 Å². The maximum absolute atomic E-state index is 14.8. The van der Waals surface area contributed by atoms with Crippen LogP contribution in [-0.4, -0.2) is 40.7 Å². The Kier molecular flexibility index (Phi) is 6.12. The second-order valence-electron chi connectivity index (χ2n) is 8.02. The molecule has 0 amide bonds. The summed E-state index contributed by atoms with van der Waals surface area (Å²) in [7, 11) is -2.73. The Morgan fingerprint density at radius 1 is 1.09 bits per heavy atom. The fourth-order valence-corrected chi connectivity index (χ4v) is 5.16. The van der Waals surface area contributed by atoms with Gasteiger partial charge in [0.2, 0.25) is 0 Å². The average Bonchev–Trinajstić information content (AvgIpc) is 3.27. The summed E-state index contributed by atoms with van der Waals surface area (Å²) in [4.78, 5) is 1.74. The van der Waals surface area contributed by atoms with Gasteiger partial charge in [-0.25, -0.2) is 12.8 Å². The maximum Gasteiger partial charge on any atom is 0.264 e. The number of nitrogens with one attached hydrogen (secondary N) is 2. The predicted molar refractivity (Wildman–Crippen MR) is 122 cm³/mol. The van der Waals surface area contributed by atoms with Crippen LogP contribution in [-0.2, 0) is 10.0 Å². The number of anilines is 2. The van der Waals surface area contributed by atoms with E-state index in [0.29, 0.717) is 29.0 Å². The van der Waals surface area contributed by atoms with Crippen LogP contribution in [0.5, 0.6) is 5.75 Å². The fourth-order valence-electron chi connectivity index (χ4n) is 4.04. The lowest BCUT2D eigenvalue weighted by Gasteiger charge is -2.38. The third-order valence-electron chi connectivity index (χ3n) is 5.43. The van der Waals surface area contributed by atoms with E-state index < -0.39 is 20.7 Å². The van der Waals surface area contributed by atoms with Gasteiger partial charge in [0.05, 0.1) is 25.3 Å². The molecule has 7 nitrogen and oxygen atoms in total. The summed E-state index contributed by atoms with van der Waals surface area (Å²) in [6.07, 6.45) is 2.94. The molecule has 1 saturated heterocycles. The molecule has 0 radical (unpaired) electrons. The maximum atomic E-state index is 14.8. The standard InChI is InChI=1S/C23H26FN3O4S/c1-15-12-27(13-16(2)25-15)19-5-6-22(30-3)21(11-19)26-32(28,29)23-7-4-17(10-20(23)24)18-8-9-31-14-18/h4-11,14-16,25-26H,12-13H2,1-3H3. The van der Waals surface area contributed by atoms with E-state index >= 15 is 0 Å². The van der Waals surface area contributed by atoms with Gasteiger partial charge in [0.25, 0.3) is 10.0 Å². The van der Waals surface area contributed by atoms with E-state index in [9.17, 15) is 12.8 Å². The Morgan fingerprint density at radius 3 is 2.47 bits per heavy atom. The molecular weight excluding hydrogens is 433 g/mol. The predicted octanol–water partition coefficient (Wildman–Crippen LogP) is 4.08. The molecule has 9 heteroatoms. The number of sulfonamides is 1. The molecule has 0 saturated carbocycles. The molecule has 170 valence electrons. The molecule has 2 heterocycles. The van der Waals surface area contributed by atoms with Crippen molar-refractivity contribution in [1.82, 2.24) is 5.32 Å². The van der Waals surface area contributed by atoms with Crippen molar-refractivity contribution in [3.63, 3.8) is 0 Å². The first-order valence-electron chi connectivity index (χ1n) is 10.3. The van der Waals surface area contributed by atoms with E-state index in [1.54, 1.807) is 24.3 Å². The highest BCUT2D eigenvalue weighted by atomic mass is 32.2. The van der Waals surface area contributed by atoms with Crippen LogP contribution in [0.1, 0.15) is 13.8 Å². The zero-order valence-corrected chi connectivity index (χ0v) is 18.9. The van der Waals surface area contributed by atoms with Crippen LogP contribution in [0.4, 0.5) is 15.8 Å². The summed E-state index contributed by atoms with van der Waals surface area (Å²) in [6, 6.07) is 11.6. The number of methoxy groups -OCH3 is 1. The number of hydrogen-bond acceptors (Lipinski definition) is 6. The first-order chi connectivity index (χ1) is 15.3. The molecule has 2 aromatic carbocycles. The van der Waals surface area contributed by atoms with Crippen LogP contribution in [0, 0.1) is 5.82 Å². The zero-order chi connectivity index (χ0) is 22.9. The summed E-state index contributed by atoms with van der Waals surface area (Å²) in [5.41, 5.74) is 2.30. The molecule has 2 N–H and O–H groups in total. The van der Waals surface area contributed by atoms with E-state index in [4.69, 9.17) is 9.15 Å². The van der Waals surface area contributed by atoms with Crippen molar-refractivity contribution in [1.29, 1.82) is 0 Å². The van der Waals surface area contributed by atoms with Crippen LogP contribution >= 0.6 is 0 Å². The van der Waals surface area contributed by atoms with Gasteiger partial charge in [0, 0.05) is 36.4 Å². The van der Waals surface area contributed by atoms with Crippen molar-refractivity contribution in [3.8, 4) is 16.9 Å². The van der Waals surface area contributed by atoms with Crippen LogP contribution < -0.4 is 19.7 Å². The lowest BCUT2D eigenvalue weighted by Crippen LogP contribution is -2.54. The third kappa shape index (κ3) is 4.58. The summed E-state index contributed by atoms with van der Waals surface area (Å²) in [5, 5.41) is 3.47. The monoisotopic (exact) mass is 459 g/mol. The normalized spacial score (nSPS) is 19.1. The molecule has 1 aliphatic heterocycles. The van der Waals surface area contributed by atoms with Crippen molar-refractivity contribution in [2.45, 2.75) is 30.8 Å². The van der Waals surface area contributed by atoms with Gasteiger partial charge in [-0.2, -0.15) is 0 Å². The Hall–Kier alpha value is -3.04. The molecule has 1 aromatic heterocycles. The van der Waals surface area contributed by atoms with E-state index in [2.05, 4.69) is 28.8 Å². The van der Waals surface area contributed by atoms with Gasteiger partial charge < -0.3 is 19.4 Å². The van der Waals surface area contributed by atoms with Gasteiger partial charge in [0.15, 0.2) is 0 Å². The fraction of sp³-hybridized carbons (Fsp3) is 0.304. The van der Waals surface area contributed by atoms with Gasteiger partial charge in [-0.1, -0.05) is 6.07 Å². The number of ether oxygens (including phenoxy) is 1. The SMILES string of the molecule is COc1ccc(N2CC(C)NC(C)C2)cc1NS(=O)(=O)c1ccc(-c2ccoc2)cc1F. The van der Waals surface area contributed by atoms with Crippen molar-refractivity contribution in [3.05, 3.63) is 60.8 Å². The molecule has 2 atom stereocenters. The number of piperazine rings is 1. The molecule has 1 fully saturated rings. The van der Waals surface area contributed by atoms with Crippen LogP contribution in [0.3, 0.4) is 0 Å². The summed E-state index contributed by atoms with van der Waals surface area (Å²) >= 11 is 0. The van der Waals surface area contributed by atoms with Gasteiger partial charge in [-0.05, 0) is 55.8 Å². The number of halogens is 1. The van der Waals surface area contributed by atoms with Gasteiger partial charge in [0.1, 0.15) is 16.5 Å². The molecule has 0 spiro atoms. The van der Waals surface area contributed by atoms with E-state index in [0.717, 1.165) is 18.8 Å². The lowest BCUT2D eigenvalue weighted by molar-refractivity contribution is 0.406. The first-order valence-corrected chi connectivity index (χ1v) is 11.8. The topological polar surface area (TPSA) is 83.8 Å². The highest BCUT2D eigenvalue weighted by molar-refractivity contribution is 7.92. The molecule has 0 bridgehead atoms. The molecule has 1 aliphatic rings. The van der Waals surface area contributed by atoms with Crippen molar-refractivity contribution >= 4 is 21.4 Å². The second kappa shape index (κ2) is 8.84. The second-order valence-corrected chi connectivity index (χ2v) is 9.67. The number of hydrogen-bond donors (Lipinski definition) is 2. The first kappa shape index (κ1) is 22.2. The van der Waals surface area contributed by atoms with Crippen molar-refractivity contribution in [2.24, 2.45) is 0 Å². The Bertz CT molecular complexity index is 1190. The highest BCUT2D eigenvalue weighted by Gasteiger charge is 2.24.